The molecule has 0 fully saturated rings. The van der Waals surface area contributed by atoms with Crippen molar-refractivity contribution in [2.45, 2.75) is 6.18 Å². The number of rotatable bonds is 2. The van der Waals surface area contributed by atoms with Gasteiger partial charge in [-0.05, 0) is 18.2 Å². The van der Waals surface area contributed by atoms with Gasteiger partial charge in [0.2, 0.25) is 0 Å². The molecule has 0 atom stereocenters. The zero-order chi connectivity index (χ0) is 14.9. The van der Waals surface area contributed by atoms with Crippen LogP contribution in [0.2, 0.25) is 0 Å². The Bertz CT molecular complexity index is 737. The van der Waals surface area contributed by atoms with E-state index in [1.807, 2.05) is 0 Å². The number of alkyl halides is 3. The standard InChI is InChI=1S/C15H9F3N2O/c16-15(17,18)13-9-11(12-7-4-8-21-12)19-14(20-13)10-5-2-1-3-6-10/h1-9H. The lowest BCUT2D eigenvalue weighted by Gasteiger charge is -2.09. The predicted molar refractivity (Wildman–Crippen MR) is 70.2 cm³/mol. The largest absolute Gasteiger partial charge is 0.463 e. The zero-order valence-corrected chi connectivity index (χ0v) is 10.6. The lowest BCUT2D eigenvalue weighted by Crippen LogP contribution is -2.10. The molecule has 0 bridgehead atoms. The molecule has 0 N–H and O–H groups in total. The van der Waals surface area contributed by atoms with E-state index in [1.165, 1.54) is 6.26 Å². The van der Waals surface area contributed by atoms with Crippen LogP contribution in [-0.4, -0.2) is 9.97 Å². The maximum absolute atomic E-state index is 13.0. The van der Waals surface area contributed by atoms with Crippen molar-refractivity contribution in [1.29, 1.82) is 0 Å². The molecule has 0 unspecified atom stereocenters. The van der Waals surface area contributed by atoms with E-state index in [4.69, 9.17) is 4.42 Å². The maximum atomic E-state index is 13.0. The van der Waals surface area contributed by atoms with Crippen LogP contribution in [0.1, 0.15) is 5.69 Å². The number of halogens is 3. The second-order valence-corrected chi connectivity index (χ2v) is 4.30. The summed E-state index contributed by atoms with van der Waals surface area (Å²) in [6.45, 7) is 0. The maximum Gasteiger partial charge on any atom is 0.433 e. The number of hydrogen-bond donors (Lipinski definition) is 0. The molecular formula is C15H9F3N2O. The number of benzene rings is 1. The van der Waals surface area contributed by atoms with Crippen LogP contribution >= 0.6 is 0 Å². The van der Waals surface area contributed by atoms with Gasteiger partial charge in [-0.2, -0.15) is 13.2 Å². The van der Waals surface area contributed by atoms with Crippen LogP contribution in [0.15, 0.2) is 59.2 Å². The van der Waals surface area contributed by atoms with Gasteiger partial charge in [-0.25, -0.2) is 9.97 Å². The molecule has 3 rings (SSSR count). The molecule has 0 spiro atoms. The van der Waals surface area contributed by atoms with Crippen molar-refractivity contribution < 1.29 is 17.6 Å². The Labute approximate surface area is 118 Å². The van der Waals surface area contributed by atoms with E-state index in [1.54, 1.807) is 42.5 Å². The quantitative estimate of drug-likeness (QED) is 0.701. The summed E-state index contributed by atoms with van der Waals surface area (Å²) < 4.78 is 44.1. The third-order valence-electron chi connectivity index (χ3n) is 2.82. The van der Waals surface area contributed by atoms with E-state index in [0.29, 0.717) is 5.56 Å². The van der Waals surface area contributed by atoms with E-state index >= 15 is 0 Å². The summed E-state index contributed by atoms with van der Waals surface area (Å²) in [5.41, 5.74) is -0.389. The van der Waals surface area contributed by atoms with Gasteiger partial charge >= 0.3 is 6.18 Å². The Hall–Kier alpha value is -2.63. The van der Waals surface area contributed by atoms with Gasteiger partial charge in [0.1, 0.15) is 11.4 Å². The second kappa shape index (κ2) is 5.05. The van der Waals surface area contributed by atoms with Crippen LogP contribution in [-0.2, 0) is 6.18 Å². The molecule has 0 radical (unpaired) electrons. The molecule has 1 aromatic carbocycles. The molecule has 0 saturated carbocycles. The van der Waals surface area contributed by atoms with Crippen LogP contribution in [0.3, 0.4) is 0 Å². The van der Waals surface area contributed by atoms with Crippen LogP contribution in [0.25, 0.3) is 22.8 Å². The highest BCUT2D eigenvalue weighted by molar-refractivity contribution is 5.61. The van der Waals surface area contributed by atoms with Crippen molar-refractivity contribution in [3.05, 3.63) is 60.5 Å². The first-order chi connectivity index (χ1) is 10.0. The highest BCUT2D eigenvalue weighted by Crippen LogP contribution is 2.32. The molecule has 6 heteroatoms. The van der Waals surface area contributed by atoms with E-state index in [-0.39, 0.29) is 17.3 Å². The van der Waals surface area contributed by atoms with Crippen LogP contribution in [0, 0.1) is 0 Å². The molecule has 3 nitrogen and oxygen atoms in total. The lowest BCUT2D eigenvalue weighted by molar-refractivity contribution is -0.141. The highest BCUT2D eigenvalue weighted by atomic mass is 19.4. The van der Waals surface area contributed by atoms with Crippen molar-refractivity contribution in [3.8, 4) is 22.8 Å². The van der Waals surface area contributed by atoms with Crippen molar-refractivity contribution in [2.24, 2.45) is 0 Å². The molecule has 0 aliphatic rings. The molecule has 0 amide bonds. The van der Waals surface area contributed by atoms with Gasteiger partial charge in [-0.1, -0.05) is 30.3 Å². The number of nitrogens with zero attached hydrogens (tertiary/aromatic N) is 2. The molecule has 2 heterocycles. The van der Waals surface area contributed by atoms with E-state index in [2.05, 4.69) is 9.97 Å². The van der Waals surface area contributed by atoms with Gasteiger partial charge in [0, 0.05) is 5.56 Å². The summed E-state index contributed by atoms with van der Waals surface area (Å²) in [6, 6.07) is 12.5. The molecule has 106 valence electrons. The fourth-order valence-corrected chi connectivity index (χ4v) is 1.86. The van der Waals surface area contributed by atoms with Gasteiger partial charge in [0.25, 0.3) is 0 Å². The Morgan fingerprint density at radius 3 is 2.29 bits per heavy atom. The summed E-state index contributed by atoms with van der Waals surface area (Å²) in [5.74, 6) is 0.275. The SMILES string of the molecule is FC(F)(F)c1cc(-c2ccco2)nc(-c2ccccc2)n1. The summed E-state index contributed by atoms with van der Waals surface area (Å²) in [6.07, 6.45) is -3.17. The van der Waals surface area contributed by atoms with Gasteiger partial charge in [0.15, 0.2) is 11.6 Å². The minimum absolute atomic E-state index is 0.0109. The lowest BCUT2D eigenvalue weighted by atomic mass is 10.2. The molecule has 21 heavy (non-hydrogen) atoms. The Balaban J connectivity index is 2.19. The minimum Gasteiger partial charge on any atom is -0.463 e. The van der Waals surface area contributed by atoms with Crippen molar-refractivity contribution in [2.75, 3.05) is 0 Å². The molecular weight excluding hydrogens is 281 g/mol. The zero-order valence-electron chi connectivity index (χ0n) is 10.6. The van der Waals surface area contributed by atoms with E-state index in [9.17, 15) is 13.2 Å². The predicted octanol–water partition coefficient (Wildman–Crippen LogP) is 4.42. The second-order valence-electron chi connectivity index (χ2n) is 4.30. The summed E-state index contributed by atoms with van der Waals surface area (Å²) in [7, 11) is 0. The van der Waals surface area contributed by atoms with Gasteiger partial charge in [0.05, 0.1) is 6.26 Å². The molecule has 0 aliphatic carbocycles. The topological polar surface area (TPSA) is 38.9 Å². The van der Waals surface area contributed by atoms with Crippen LogP contribution in [0.5, 0.6) is 0 Å². The van der Waals surface area contributed by atoms with Crippen molar-refractivity contribution in [3.63, 3.8) is 0 Å². The first-order valence-electron chi connectivity index (χ1n) is 6.09. The Kier molecular flexibility index (Phi) is 3.21. The molecule has 2 aromatic heterocycles. The third-order valence-corrected chi connectivity index (χ3v) is 2.82. The first-order valence-corrected chi connectivity index (χ1v) is 6.09. The Morgan fingerprint density at radius 2 is 1.67 bits per heavy atom. The average molecular weight is 290 g/mol. The van der Waals surface area contributed by atoms with Gasteiger partial charge in [-0.3, -0.25) is 0 Å². The molecule has 3 aromatic rings. The first kappa shape index (κ1) is 13.4. The molecule has 0 saturated heterocycles. The fraction of sp³-hybridized carbons (Fsp3) is 0.0667. The molecule has 0 aliphatic heterocycles. The van der Waals surface area contributed by atoms with Gasteiger partial charge < -0.3 is 4.42 Å². The third kappa shape index (κ3) is 2.79. The summed E-state index contributed by atoms with van der Waals surface area (Å²) >= 11 is 0. The monoisotopic (exact) mass is 290 g/mol. The fourth-order valence-electron chi connectivity index (χ4n) is 1.86. The minimum atomic E-state index is -4.55. The number of aromatic nitrogens is 2. The smallest absolute Gasteiger partial charge is 0.433 e. The average Bonchev–Trinajstić information content (AvgIpc) is 3.01. The van der Waals surface area contributed by atoms with Crippen molar-refractivity contribution in [1.82, 2.24) is 9.97 Å². The van der Waals surface area contributed by atoms with E-state index in [0.717, 1.165) is 6.07 Å². The summed E-state index contributed by atoms with van der Waals surface area (Å²) in [5, 5.41) is 0. The van der Waals surface area contributed by atoms with Crippen LogP contribution < -0.4 is 0 Å². The highest BCUT2D eigenvalue weighted by Gasteiger charge is 2.34. The summed E-state index contributed by atoms with van der Waals surface area (Å²) in [4.78, 5) is 7.76. The Morgan fingerprint density at radius 1 is 0.905 bits per heavy atom. The van der Waals surface area contributed by atoms with E-state index < -0.39 is 11.9 Å². The van der Waals surface area contributed by atoms with Gasteiger partial charge in [-0.15, -0.1) is 0 Å². The number of hydrogen-bond acceptors (Lipinski definition) is 3. The van der Waals surface area contributed by atoms with Crippen LogP contribution in [0.4, 0.5) is 13.2 Å². The van der Waals surface area contributed by atoms with Crippen molar-refractivity contribution >= 4 is 0 Å². The normalized spacial score (nSPS) is 11.6. The number of furan rings is 1.